The summed E-state index contributed by atoms with van der Waals surface area (Å²) in [7, 11) is 3.32. The number of methoxy groups -OCH3 is 1. The summed E-state index contributed by atoms with van der Waals surface area (Å²) in [6.45, 7) is 5.64. The van der Waals surface area contributed by atoms with E-state index in [1.165, 1.54) is 7.11 Å². The predicted molar refractivity (Wildman–Crippen MR) is 111 cm³/mol. The molecule has 0 aliphatic carbocycles. The van der Waals surface area contributed by atoms with Gasteiger partial charge in [-0.3, -0.25) is 14.3 Å². The Hall–Kier alpha value is -3.42. The normalized spacial score (nSPS) is 12.1. The van der Waals surface area contributed by atoms with Crippen molar-refractivity contribution in [3.8, 4) is 5.75 Å². The third-order valence-corrected chi connectivity index (χ3v) is 4.72. The van der Waals surface area contributed by atoms with Crippen molar-refractivity contribution in [1.82, 2.24) is 20.1 Å². The Morgan fingerprint density at radius 1 is 1.21 bits per heavy atom. The van der Waals surface area contributed by atoms with Crippen LogP contribution in [0.5, 0.6) is 5.75 Å². The summed E-state index contributed by atoms with van der Waals surface area (Å²) in [4.78, 5) is 30.0. The molecule has 152 valence electrons. The van der Waals surface area contributed by atoms with Gasteiger partial charge in [0.05, 0.1) is 30.3 Å². The van der Waals surface area contributed by atoms with Crippen LogP contribution in [0.4, 0.5) is 5.69 Å². The maximum Gasteiger partial charge on any atom is 0.255 e. The third kappa shape index (κ3) is 4.21. The predicted octanol–water partition coefficient (Wildman–Crippen LogP) is 2.68. The maximum absolute atomic E-state index is 12.9. The lowest BCUT2D eigenvalue weighted by molar-refractivity contribution is -0.118. The minimum atomic E-state index is -0.724. The molecule has 2 N–H and O–H groups in total. The first-order chi connectivity index (χ1) is 13.8. The molecule has 0 fully saturated rings. The van der Waals surface area contributed by atoms with Gasteiger partial charge in [0.2, 0.25) is 5.91 Å². The molecule has 0 bridgehead atoms. The van der Waals surface area contributed by atoms with Gasteiger partial charge in [0.15, 0.2) is 5.65 Å². The van der Waals surface area contributed by atoms with Crippen molar-refractivity contribution in [3.05, 3.63) is 47.8 Å². The highest BCUT2D eigenvalue weighted by Gasteiger charge is 2.26. The van der Waals surface area contributed by atoms with Gasteiger partial charge in [-0.05, 0) is 31.0 Å². The van der Waals surface area contributed by atoms with Crippen LogP contribution in [0.25, 0.3) is 11.0 Å². The minimum Gasteiger partial charge on any atom is -0.496 e. The van der Waals surface area contributed by atoms with E-state index in [2.05, 4.69) is 20.7 Å². The Morgan fingerprint density at radius 3 is 2.62 bits per heavy atom. The smallest absolute Gasteiger partial charge is 0.255 e. The number of para-hydroxylation sites is 1. The molecule has 8 heteroatoms. The van der Waals surface area contributed by atoms with E-state index >= 15 is 0 Å². The van der Waals surface area contributed by atoms with Gasteiger partial charge in [0.1, 0.15) is 11.8 Å². The average molecular weight is 395 g/mol. The topological polar surface area (TPSA) is 98.1 Å². The Bertz CT molecular complexity index is 1060. The van der Waals surface area contributed by atoms with Gasteiger partial charge in [-0.1, -0.05) is 26.0 Å². The number of hydrogen-bond acceptors (Lipinski definition) is 5. The van der Waals surface area contributed by atoms with Crippen molar-refractivity contribution in [3.63, 3.8) is 0 Å². The van der Waals surface area contributed by atoms with Gasteiger partial charge in [-0.25, -0.2) is 4.98 Å². The van der Waals surface area contributed by atoms with Crippen molar-refractivity contribution < 1.29 is 14.3 Å². The number of nitrogens with one attached hydrogen (secondary N) is 2. The average Bonchev–Trinajstić information content (AvgIpc) is 2.98. The van der Waals surface area contributed by atoms with Crippen LogP contribution in [0.1, 0.15) is 29.9 Å². The van der Waals surface area contributed by atoms with Crippen LogP contribution in [0.15, 0.2) is 36.5 Å². The summed E-state index contributed by atoms with van der Waals surface area (Å²) < 4.78 is 6.94. The summed E-state index contributed by atoms with van der Waals surface area (Å²) in [5.74, 6) is -0.348. The van der Waals surface area contributed by atoms with E-state index in [-0.39, 0.29) is 17.7 Å². The number of nitrogens with zero attached hydrogens (tertiary/aromatic N) is 3. The number of carbonyl (C=O) groups is 2. The number of ether oxygens (including phenoxy) is 1. The fraction of sp³-hybridized carbons (Fsp3) is 0.333. The molecule has 3 rings (SSSR count). The van der Waals surface area contributed by atoms with Crippen molar-refractivity contribution in [2.45, 2.75) is 26.8 Å². The van der Waals surface area contributed by atoms with E-state index in [4.69, 9.17) is 4.74 Å². The molecule has 0 spiro atoms. The molecule has 0 saturated carbocycles. The van der Waals surface area contributed by atoms with Crippen LogP contribution in [-0.4, -0.2) is 39.7 Å². The molecular formula is C21H25N5O3. The highest BCUT2D eigenvalue weighted by Crippen LogP contribution is 2.21. The molecule has 1 aromatic carbocycles. The van der Waals surface area contributed by atoms with E-state index in [1.807, 2.05) is 33.9 Å². The lowest BCUT2D eigenvalue weighted by Gasteiger charge is -2.22. The first-order valence-corrected chi connectivity index (χ1v) is 9.36. The van der Waals surface area contributed by atoms with Crippen LogP contribution in [0, 0.1) is 12.8 Å². The molecule has 0 saturated heterocycles. The Balaban J connectivity index is 1.79. The summed E-state index contributed by atoms with van der Waals surface area (Å²) in [5.41, 5.74) is 2.50. The first kappa shape index (κ1) is 20.3. The van der Waals surface area contributed by atoms with Crippen molar-refractivity contribution >= 4 is 28.5 Å². The van der Waals surface area contributed by atoms with Crippen LogP contribution >= 0.6 is 0 Å². The number of aromatic nitrogens is 3. The van der Waals surface area contributed by atoms with Gasteiger partial charge in [0.25, 0.3) is 5.91 Å². The summed E-state index contributed by atoms with van der Waals surface area (Å²) >= 11 is 0. The highest BCUT2D eigenvalue weighted by molar-refractivity contribution is 6.03. The standard InChI is InChI=1S/C21H25N5O3/c1-12(2)18(24-20(27)15-8-6-7-9-17(15)29-5)21(28)23-14-10-16-13(3)25-26(4)19(16)22-11-14/h6-12,18H,1-5H3,(H,23,28)(H,24,27). The molecule has 0 aliphatic rings. The first-order valence-electron chi connectivity index (χ1n) is 9.36. The SMILES string of the molecule is COc1ccccc1C(=O)NC(C(=O)Nc1cnc2c(c1)c(C)nn2C)C(C)C. The largest absolute Gasteiger partial charge is 0.496 e. The highest BCUT2D eigenvalue weighted by atomic mass is 16.5. The second-order valence-electron chi connectivity index (χ2n) is 7.19. The molecule has 29 heavy (non-hydrogen) atoms. The molecule has 2 heterocycles. The van der Waals surface area contributed by atoms with E-state index in [9.17, 15) is 9.59 Å². The van der Waals surface area contributed by atoms with Gasteiger partial charge in [-0.2, -0.15) is 5.10 Å². The molecule has 0 radical (unpaired) electrons. The number of hydrogen-bond donors (Lipinski definition) is 2. The third-order valence-electron chi connectivity index (χ3n) is 4.72. The van der Waals surface area contributed by atoms with Gasteiger partial charge in [-0.15, -0.1) is 0 Å². The molecular weight excluding hydrogens is 370 g/mol. The number of fused-ring (bicyclic) bond motifs is 1. The minimum absolute atomic E-state index is 0.120. The van der Waals surface area contributed by atoms with E-state index in [0.717, 1.165) is 16.7 Å². The fourth-order valence-electron chi connectivity index (χ4n) is 3.18. The summed E-state index contributed by atoms with van der Waals surface area (Å²) in [6.07, 6.45) is 1.58. The molecule has 2 amide bonds. The Labute approximate surface area is 169 Å². The van der Waals surface area contributed by atoms with E-state index in [0.29, 0.717) is 17.0 Å². The zero-order valence-corrected chi connectivity index (χ0v) is 17.2. The number of aryl methyl sites for hydroxylation is 2. The maximum atomic E-state index is 12.9. The molecule has 2 aromatic heterocycles. The molecule has 8 nitrogen and oxygen atoms in total. The quantitative estimate of drug-likeness (QED) is 0.669. The van der Waals surface area contributed by atoms with Gasteiger partial charge >= 0.3 is 0 Å². The van der Waals surface area contributed by atoms with Crippen molar-refractivity contribution in [1.29, 1.82) is 0 Å². The number of benzene rings is 1. The number of amides is 2. The van der Waals surface area contributed by atoms with Crippen LogP contribution in [0.2, 0.25) is 0 Å². The van der Waals surface area contributed by atoms with Gasteiger partial charge in [0, 0.05) is 12.4 Å². The number of anilines is 1. The van der Waals surface area contributed by atoms with E-state index in [1.54, 1.807) is 35.1 Å². The fourth-order valence-corrected chi connectivity index (χ4v) is 3.18. The molecule has 1 atom stereocenters. The second kappa shape index (κ2) is 8.30. The van der Waals surface area contributed by atoms with E-state index < -0.39 is 6.04 Å². The Kier molecular flexibility index (Phi) is 5.81. The monoisotopic (exact) mass is 395 g/mol. The second-order valence-corrected chi connectivity index (χ2v) is 7.19. The van der Waals surface area contributed by atoms with Crippen molar-refractivity contribution in [2.24, 2.45) is 13.0 Å². The molecule has 1 unspecified atom stereocenters. The number of pyridine rings is 1. The lowest BCUT2D eigenvalue weighted by atomic mass is 10.0. The molecule has 0 aliphatic heterocycles. The molecule has 3 aromatic rings. The zero-order valence-electron chi connectivity index (χ0n) is 17.2. The lowest BCUT2D eigenvalue weighted by Crippen LogP contribution is -2.47. The zero-order chi connectivity index (χ0) is 21.1. The summed E-state index contributed by atoms with van der Waals surface area (Å²) in [6, 6.07) is 8.01. The van der Waals surface area contributed by atoms with Crippen LogP contribution in [-0.2, 0) is 11.8 Å². The van der Waals surface area contributed by atoms with Crippen LogP contribution in [0.3, 0.4) is 0 Å². The Morgan fingerprint density at radius 2 is 1.93 bits per heavy atom. The van der Waals surface area contributed by atoms with Crippen LogP contribution < -0.4 is 15.4 Å². The van der Waals surface area contributed by atoms with Gasteiger partial charge < -0.3 is 15.4 Å². The summed E-state index contributed by atoms with van der Waals surface area (Å²) in [5, 5.41) is 10.9. The van der Waals surface area contributed by atoms with Crippen molar-refractivity contribution in [2.75, 3.05) is 12.4 Å². The number of carbonyl (C=O) groups excluding carboxylic acids is 2. The number of rotatable bonds is 6.